The average Bonchev–Trinajstić information content (AvgIpc) is 2.78. The minimum atomic E-state index is -0.991. The molecule has 0 bridgehead atoms. The third-order valence-corrected chi connectivity index (χ3v) is 4.95. The number of nitrogens with one attached hydrogen (secondary N) is 1. The molecule has 3 rings (SSSR count). The summed E-state index contributed by atoms with van der Waals surface area (Å²) in [6.45, 7) is 4.18. The summed E-state index contributed by atoms with van der Waals surface area (Å²) >= 11 is 12.2. The van der Waals surface area contributed by atoms with Crippen molar-refractivity contribution in [2.45, 2.75) is 19.6 Å². The standard InChI is InChI=1S/C17H19Cl2N3O3/c1-10-6-15(17(23)24)22(21-10)9-12-8-20-4-5-25-16(12)11-2-3-13(18)14(19)7-11/h2-3,6-7,12,16,20H,4-5,8-9H2,1H3,(H,23,24)/t12-,16-/m0/s1. The number of carbonyl (C=O) groups is 1. The molecule has 1 aromatic heterocycles. The van der Waals surface area contributed by atoms with Gasteiger partial charge in [0.1, 0.15) is 5.69 Å². The summed E-state index contributed by atoms with van der Waals surface area (Å²) in [5.41, 5.74) is 1.77. The molecule has 6 nitrogen and oxygen atoms in total. The fourth-order valence-corrected chi connectivity index (χ4v) is 3.39. The van der Waals surface area contributed by atoms with Crippen LogP contribution >= 0.6 is 23.2 Å². The topological polar surface area (TPSA) is 76.4 Å². The molecule has 0 radical (unpaired) electrons. The predicted octanol–water partition coefficient (Wildman–Crippen LogP) is 3.17. The lowest BCUT2D eigenvalue weighted by Crippen LogP contribution is -2.29. The van der Waals surface area contributed by atoms with Gasteiger partial charge >= 0.3 is 5.97 Å². The van der Waals surface area contributed by atoms with E-state index in [1.807, 2.05) is 6.07 Å². The fraction of sp³-hybridized carbons (Fsp3) is 0.412. The maximum atomic E-state index is 11.4. The summed E-state index contributed by atoms with van der Waals surface area (Å²) in [5, 5.41) is 18.0. The molecule has 1 aromatic carbocycles. The molecule has 2 N–H and O–H groups in total. The average molecular weight is 384 g/mol. The van der Waals surface area contributed by atoms with E-state index < -0.39 is 5.97 Å². The van der Waals surface area contributed by atoms with Gasteiger partial charge in [-0.1, -0.05) is 29.3 Å². The third kappa shape index (κ3) is 4.15. The zero-order valence-corrected chi connectivity index (χ0v) is 15.2. The minimum Gasteiger partial charge on any atom is -0.477 e. The van der Waals surface area contributed by atoms with Crippen molar-refractivity contribution in [3.05, 3.63) is 51.3 Å². The van der Waals surface area contributed by atoms with E-state index in [1.54, 1.807) is 25.1 Å². The van der Waals surface area contributed by atoms with Crippen LogP contribution in [0.4, 0.5) is 0 Å². The van der Waals surface area contributed by atoms with Crippen molar-refractivity contribution in [3.63, 3.8) is 0 Å². The summed E-state index contributed by atoms with van der Waals surface area (Å²) in [7, 11) is 0. The summed E-state index contributed by atoms with van der Waals surface area (Å²) in [6.07, 6.45) is -0.226. The number of hydrogen-bond donors (Lipinski definition) is 2. The lowest BCUT2D eigenvalue weighted by Gasteiger charge is -2.25. The smallest absolute Gasteiger partial charge is 0.354 e. The van der Waals surface area contributed by atoms with Gasteiger partial charge in [0.15, 0.2) is 0 Å². The van der Waals surface area contributed by atoms with Crippen LogP contribution in [0.2, 0.25) is 10.0 Å². The molecule has 0 aliphatic carbocycles. The number of rotatable bonds is 4. The highest BCUT2D eigenvalue weighted by Crippen LogP contribution is 2.33. The van der Waals surface area contributed by atoms with Crippen LogP contribution in [0, 0.1) is 12.8 Å². The normalized spacial score (nSPS) is 21.1. The fourth-order valence-electron chi connectivity index (χ4n) is 3.09. The molecule has 8 heteroatoms. The van der Waals surface area contributed by atoms with Crippen LogP contribution in [-0.4, -0.2) is 40.6 Å². The van der Waals surface area contributed by atoms with Gasteiger partial charge < -0.3 is 15.2 Å². The number of aromatic carboxylic acids is 1. The first kappa shape index (κ1) is 18.2. The number of nitrogens with zero attached hydrogens (tertiary/aromatic N) is 2. The first-order chi connectivity index (χ1) is 12.0. The van der Waals surface area contributed by atoms with Crippen LogP contribution in [0.5, 0.6) is 0 Å². The summed E-state index contributed by atoms with van der Waals surface area (Å²) in [5.74, 6) is -0.994. The second-order valence-corrected chi connectivity index (χ2v) is 6.90. The number of halogens is 2. The Hall–Kier alpha value is -1.60. The number of aryl methyl sites for hydroxylation is 1. The minimum absolute atomic E-state index is 0.00265. The summed E-state index contributed by atoms with van der Waals surface area (Å²) in [6, 6.07) is 7.02. The first-order valence-corrected chi connectivity index (χ1v) is 8.76. The molecule has 0 saturated carbocycles. The van der Waals surface area contributed by atoms with Gasteiger partial charge in [-0.3, -0.25) is 4.68 Å². The summed E-state index contributed by atoms with van der Waals surface area (Å²) in [4.78, 5) is 11.4. The predicted molar refractivity (Wildman–Crippen MR) is 95.4 cm³/mol. The van der Waals surface area contributed by atoms with E-state index in [0.29, 0.717) is 35.4 Å². The molecular formula is C17H19Cl2N3O3. The Balaban J connectivity index is 1.91. The van der Waals surface area contributed by atoms with Gasteiger partial charge in [0.2, 0.25) is 0 Å². The molecule has 0 spiro atoms. The van der Waals surface area contributed by atoms with Crippen molar-refractivity contribution < 1.29 is 14.6 Å². The van der Waals surface area contributed by atoms with E-state index in [9.17, 15) is 9.90 Å². The zero-order valence-electron chi connectivity index (χ0n) is 13.7. The number of carboxylic acids is 1. The molecule has 1 aliphatic heterocycles. The van der Waals surface area contributed by atoms with Crippen LogP contribution < -0.4 is 5.32 Å². The van der Waals surface area contributed by atoms with Crippen LogP contribution in [0.15, 0.2) is 24.3 Å². The first-order valence-electron chi connectivity index (χ1n) is 8.00. The maximum absolute atomic E-state index is 11.4. The molecule has 1 aliphatic rings. The van der Waals surface area contributed by atoms with Gasteiger partial charge in [-0.25, -0.2) is 4.79 Å². The molecular weight excluding hydrogens is 365 g/mol. The van der Waals surface area contributed by atoms with E-state index in [0.717, 1.165) is 12.1 Å². The molecule has 0 unspecified atom stereocenters. The molecule has 2 heterocycles. The van der Waals surface area contributed by atoms with E-state index in [4.69, 9.17) is 27.9 Å². The van der Waals surface area contributed by atoms with Crippen molar-refractivity contribution >= 4 is 29.2 Å². The van der Waals surface area contributed by atoms with Gasteiger partial charge in [0.25, 0.3) is 0 Å². The zero-order chi connectivity index (χ0) is 18.0. The van der Waals surface area contributed by atoms with Gasteiger partial charge in [-0.15, -0.1) is 0 Å². The Kier molecular flexibility index (Phi) is 5.64. The Labute approximate surface area is 155 Å². The number of benzene rings is 1. The van der Waals surface area contributed by atoms with Crippen molar-refractivity contribution in [3.8, 4) is 0 Å². The lowest BCUT2D eigenvalue weighted by atomic mass is 9.95. The molecule has 2 aromatic rings. The van der Waals surface area contributed by atoms with Crippen LogP contribution in [0.1, 0.15) is 27.8 Å². The number of hydrogen-bond acceptors (Lipinski definition) is 4. The monoisotopic (exact) mass is 383 g/mol. The Morgan fingerprint density at radius 1 is 1.40 bits per heavy atom. The van der Waals surface area contributed by atoms with E-state index in [2.05, 4.69) is 10.4 Å². The Morgan fingerprint density at radius 2 is 2.20 bits per heavy atom. The Morgan fingerprint density at radius 3 is 2.92 bits per heavy atom. The van der Waals surface area contributed by atoms with Crippen molar-refractivity contribution in [2.75, 3.05) is 19.7 Å². The quantitative estimate of drug-likeness (QED) is 0.847. The molecule has 1 fully saturated rings. The van der Waals surface area contributed by atoms with Crippen LogP contribution in [0.3, 0.4) is 0 Å². The third-order valence-electron chi connectivity index (χ3n) is 4.21. The van der Waals surface area contributed by atoms with Crippen molar-refractivity contribution in [1.29, 1.82) is 0 Å². The molecule has 0 amide bonds. The highest BCUT2D eigenvalue weighted by molar-refractivity contribution is 6.42. The second kappa shape index (κ2) is 7.74. The SMILES string of the molecule is Cc1cc(C(=O)O)n(C[C@@H]2CNCCO[C@H]2c2ccc(Cl)c(Cl)c2)n1. The molecule has 25 heavy (non-hydrogen) atoms. The number of carboxylic acid groups (broad SMARTS) is 1. The van der Waals surface area contributed by atoms with Crippen molar-refractivity contribution in [1.82, 2.24) is 15.1 Å². The highest BCUT2D eigenvalue weighted by atomic mass is 35.5. The van der Waals surface area contributed by atoms with E-state index in [-0.39, 0.29) is 17.7 Å². The van der Waals surface area contributed by atoms with E-state index in [1.165, 1.54) is 4.68 Å². The van der Waals surface area contributed by atoms with Crippen LogP contribution in [0.25, 0.3) is 0 Å². The summed E-state index contributed by atoms with van der Waals surface area (Å²) < 4.78 is 7.55. The lowest BCUT2D eigenvalue weighted by molar-refractivity contribution is 0.0236. The maximum Gasteiger partial charge on any atom is 0.354 e. The van der Waals surface area contributed by atoms with Gasteiger partial charge in [-0.05, 0) is 30.7 Å². The van der Waals surface area contributed by atoms with Gasteiger partial charge in [0.05, 0.1) is 28.5 Å². The largest absolute Gasteiger partial charge is 0.477 e. The second-order valence-electron chi connectivity index (χ2n) is 6.09. The Bertz CT molecular complexity index is 778. The van der Waals surface area contributed by atoms with E-state index >= 15 is 0 Å². The number of ether oxygens (including phenoxy) is 1. The molecule has 2 atom stereocenters. The van der Waals surface area contributed by atoms with Gasteiger partial charge in [0, 0.05) is 25.6 Å². The van der Waals surface area contributed by atoms with Gasteiger partial charge in [-0.2, -0.15) is 5.10 Å². The molecule has 1 saturated heterocycles. The number of aromatic nitrogens is 2. The highest BCUT2D eigenvalue weighted by Gasteiger charge is 2.28. The van der Waals surface area contributed by atoms with Crippen molar-refractivity contribution in [2.24, 2.45) is 5.92 Å². The van der Waals surface area contributed by atoms with Crippen LogP contribution in [-0.2, 0) is 11.3 Å². The molecule has 134 valence electrons.